The Balaban J connectivity index is 2.47. The van der Waals surface area contributed by atoms with Crippen molar-refractivity contribution in [3.8, 4) is 5.75 Å². The minimum absolute atomic E-state index is 0.0527. The van der Waals surface area contributed by atoms with Crippen molar-refractivity contribution in [1.29, 1.82) is 0 Å². The molecule has 1 aromatic carbocycles. The Morgan fingerprint density at radius 3 is 3.15 bits per heavy atom. The standard InChI is InChI=1S/C9H9ClFNO/c1-5-4-13-9-7(12-5)3-2-6(11)8(9)10/h2-3,5,12H,4H2,1H3/t5-/m0/s1. The Hall–Kier alpha value is -0.960. The summed E-state index contributed by atoms with van der Waals surface area (Å²) in [7, 11) is 0. The van der Waals surface area contributed by atoms with Crippen LogP contribution in [-0.4, -0.2) is 12.6 Å². The fourth-order valence-corrected chi connectivity index (χ4v) is 1.52. The molecule has 0 saturated heterocycles. The molecule has 0 radical (unpaired) electrons. The molecule has 2 rings (SSSR count). The highest BCUT2D eigenvalue weighted by atomic mass is 35.5. The molecule has 70 valence electrons. The van der Waals surface area contributed by atoms with Gasteiger partial charge < -0.3 is 10.1 Å². The van der Waals surface area contributed by atoms with E-state index in [-0.39, 0.29) is 11.1 Å². The topological polar surface area (TPSA) is 21.3 Å². The molecule has 0 spiro atoms. The van der Waals surface area contributed by atoms with E-state index in [0.717, 1.165) is 5.69 Å². The quantitative estimate of drug-likeness (QED) is 0.697. The molecule has 1 atom stereocenters. The highest BCUT2D eigenvalue weighted by Gasteiger charge is 2.19. The van der Waals surface area contributed by atoms with Crippen LogP contribution in [0.15, 0.2) is 12.1 Å². The first kappa shape index (κ1) is 8.63. The first-order valence-electron chi connectivity index (χ1n) is 4.06. The molecule has 0 aromatic heterocycles. The van der Waals surface area contributed by atoms with Crippen LogP contribution >= 0.6 is 11.6 Å². The van der Waals surface area contributed by atoms with Crippen molar-refractivity contribution in [3.63, 3.8) is 0 Å². The van der Waals surface area contributed by atoms with Crippen LogP contribution in [0.5, 0.6) is 5.75 Å². The zero-order chi connectivity index (χ0) is 9.42. The van der Waals surface area contributed by atoms with Gasteiger partial charge in [-0.05, 0) is 19.1 Å². The lowest BCUT2D eigenvalue weighted by atomic mass is 10.2. The third-order valence-corrected chi connectivity index (χ3v) is 2.28. The van der Waals surface area contributed by atoms with E-state index in [2.05, 4.69) is 5.32 Å². The Morgan fingerprint density at radius 1 is 1.62 bits per heavy atom. The number of hydrogen-bond acceptors (Lipinski definition) is 2. The third kappa shape index (κ3) is 1.44. The second-order valence-corrected chi connectivity index (χ2v) is 3.47. The Morgan fingerprint density at radius 2 is 2.38 bits per heavy atom. The van der Waals surface area contributed by atoms with E-state index in [9.17, 15) is 4.39 Å². The van der Waals surface area contributed by atoms with E-state index < -0.39 is 5.82 Å². The summed E-state index contributed by atoms with van der Waals surface area (Å²) in [5.74, 6) is -0.0310. The number of ether oxygens (including phenoxy) is 1. The van der Waals surface area contributed by atoms with E-state index in [0.29, 0.717) is 12.4 Å². The molecule has 0 bridgehead atoms. The van der Waals surface area contributed by atoms with Gasteiger partial charge in [-0.15, -0.1) is 0 Å². The lowest BCUT2D eigenvalue weighted by molar-refractivity contribution is 0.290. The molecule has 0 aliphatic carbocycles. The number of halogens is 2. The van der Waals surface area contributed by atoms with Crippen LogP contribution in [0.2, 0.25) is 5.02 Å². The Kier molecular flexibility index (Phi) is 2.04. The molecule has 1 N–H and O–H groups in total. The van der Waals surface area contributed by atoms with Crippen molar-refractivity contribution in [1.82, 2.24) is 0 Å². The van der Waals surface area contributed by atoms with E-state index in [4.69, 9.17) is 16.3 Å². The van der Waals surface area contributed by atoms with Gasteiger partial charge in [0.2, 0.25) is 0 Å². The molecule has 13 heavy (non-hydrogen) atoms. The van der Waals surface area contributed by atoms with Crippen molar-refractivity contribution in [2.24, 2.45) is 0 Å². The summed E-state index contributed by atoms with van der Waals surface area (Å²) in [4.78, 5) is 0. The molecule has 4 heteroatoms. The summed E-state index contributed by atoms with van der Waals surface area (Å²) >= 11 is 5.72. The highest BCUT2D eigenvalue weighted by Crippen LogP contribution is 2.37. The maximum Gasteiger partial charge on any atom is 0.164 e. The predicted molar refractivity (Wildman–Crippen MR) is 50.0 cm³/mol. The van der Waals surface area contributed by atoms with Gasteiger partial charge in [-0.3, -0.25) is 0 Å². The van der Waals surface area contributed by atoms with Crippen LogP contribution < -0.4 is 10.1 Å². The summed E-state index contributed by atoms with van der Waals surface area (Å²) in [5, 5.41) is 3.20. The number of nitrogens with one attached hydrogen (secondary N) is 1. The third-order valence-electron chi connectivity index (χ3n) is 1.93. The molecule has 1 aliphatic rings. The number of fused-ring (bicyclic) bond motifs is 1. The number of hydrogen-bond donors (Lipinski definition) is 1. The molecular formula is C9H9ClFNO. The normalized spacial score (nSPS) is 20.1. The van der Waals surface area contributed by atoms with Crippen molar-refractivity contribution >= 4 is 17.3 Å². The molecule has 2 nitrogen and oxygen atoms in total. The number of benzene rings is 1. The highest BCUT2D eigenvalue weighted by molar-refractivity contribution is 6.32. The van der Waals surface area contributed by atoms with Gasteiger partial charge in [0.05, 0.1) is 11.7 Å². The van der Waals surface area contributed by atoms with Crippen molar-refractivity contribution in [3.05, 3.63) is 23.0 Å². The van der Waals surface area contributed by atoms with Crippen molar-refractivity contribution in [2.75, 3.05) is 11.9 Å². The van der Waals surface area contributed by atoms with Gasteiger partial charge >= 0.3 is 0 Å². The number of anilines is 1. The smallest absolute Gasteiger partial charge is 0.164 e. The Bertz CT molecular complexity index is 343. The van der Waals surface area contributed by atoms with Gasteiger partial charge in [-0.25, -0.2) is 4.39 Å². The summed E-state index contributed by atoms with van der Waals surface area (Å²) in [6.45, 7) is 2.50. The van der Waals surface area contributed by atoms with E-state index >= 15 is 0 Å². The Labute approximate surface area is 80.7 Å². The SMILES string of the molecule is C[C@H]1COc2c(ccc(F)c2Cl)N1. The number of rotatable bonds is 0. The van der Waals surface area contributed by atoms with Gasteiger partial charge in [-0.1, -0.05) is 11.6 Å². The molecule has 0 unspecified atom stereocenters. The average molecular weight is 202 g/mol. The van der Waals surface area contributed by atoms with Crippen LogP contribution in [0.4, 0.5) is 10.1 Å². The summed E-state index contributed by atoms with van der Waals surface area (Å²) < 4.78 is 18.3. The molecule has 1 aliphatic heterocycles. The van der Waals surface area contributed by atoms with E-state index in [1.807, 2.05) is 6.92 Å². The average Bonchev–Trinajstić information content (AvgIpc) is 2.12. The minimum Gasteiger partial charge on any atom is -0.488 e. The predicted octanol–water partition coefficient (Wildman–Crippen LogP) is 2.67. The zero-order valence-electron chi connectivity index (χ0n) is 7.10. The van der Waals surface area contributed by atoms with Gasteiger partial charge in [-0.2, -0.15) is 0 Å². The molecule has 1 heterocycles. The van der Waals surface area contributed by atoms with Crippen LogP contribution in [0.3, 0.4) is 0 Å². The lowest BCUT2D eigenvalue weighted by Crippen LogP contribution is -2.28. The second kappa shape index (κ2) is 3.07. The molecule has 0 saturated carbocycles. The summed E-state index contributed by atoms with van der Waals surface area (Å²) in [6.07, 6.45) is 0. The van der Waals surface area contributed by atoms with Crippen molar-refractivity contribution in [2.45, 2.75) is 13.0 Å². The fraction of sp³-hybridized carbons (Fsp3) is 0.333. The summed E-state index contributed by atoms with van der Waals surface area (Å²) in [6, 6.07) is 3.19. The van der Waals surface area contributed by atoms with Gasteiger partial charge in [0.25, 0.3) is 0 Å². The van der Waals surface area contributed by atoms with Gasteiger partial charge in [0.15, 0.2) is 5.75 Å². The minimum atomic E-state index is -0.447. The zero-order valence-corrected chi connectivity index (χ0v) is 7.86. The van der Waals surface area contributed by atoms with E-state index in [1.54, 1.807) is 6.07 Å². The van der Waals surface area contributed by atoms with E-state index in [1.165, 1.54) is 6.07 Å². The maximum absolute atomic E-state index is 13.0. The van der Waals surface area contributed by atoms with Crippen LogP contribution in [0, 0.1) is 5.82 Å². The van der Waals surface area contributed by atoms with Crippen LogP contribution in [0.25, 0.3) is 0 Å². The fourth-order valence-electron chi connectivity index (χ4n) is 1.30. The van der Waals surface area contributed by atoms with Crippen LogP contribution in [0.1, 0.15) is 6.92 Å². The van der Waals surface area contributed by atoms with Crippen molar-refractivity contribution < 1.29 is 9.13 Å². The first-order chi connectivity index (χ1) is 6.18. The largest absolute Gasteiger partial charge is 0.488 e. The second-order valence-electron chi connectivity index (χ2n) is 3.09. The molecule has 1 aromatic rings. The maximum atomic E-state index is 13.0. The van der Waals surface area contributed by atoms with Crippen LogP contribution in [-0.2, 0) is 0 Å². The first-order valence-corrected chi connectivity index (χ1v) is 4.43. The van der Waals surface area contributed by atoms with Gasteiger partial charge in [0.1, 0.15) is 17.4 Å². The molecular weight excluding hydrogens is 193 g/mol. The monoisotopic (exact) mass is 201 g/mol. The van der Waals surface area contributed by atoms with Gasteiger partial charge in [0, 0.05) is 0 Å². The summed E-state index contributed by atoms with van der Waals surface area (Å²) in [5.41, 5.74) is 0.755. The molecule has 0 fully saturated rings. The lowest BCUT2D eigenvalue weighted by Gasteiger charge is -2.25. The molecule has 0 amide bonds.